The molecule has 1 saturated carbocycles. The molecule has 1 saturated heterocycles. The number of pyridine rings is 1. The van der Waals surface area contributed by atoms with Crippen LogP contribution in [0.4, 0.5) is 5.82 Å². The quantitative estimate of drug-likeness (QED) is 0.314. The minimum Gasteiger partial charge on any atom is -0.389 e. The second-order valence-corrected chi connectivity index (χ2v) is 10.1. The number of aryl methyl sites for hydroxylation is 1. The second kappa shape index (κ2) is 7.54. The molecule has 0 unspecified atom stereocenters. The smallest absolute Gasteiger partial charge is 0.164 e. The van der Waals surface area contributed by atoms with Crippen molar-refractivity contribution in [2.45, 2.75) is 37.6 Å². The summed E-state index contributed by atoms with van der Waals surface area (Å²) in [5, 5.41) is 27.2. The SMILES string of the molecule is Cc1ncnc2c1ccn2[C@@H]1C[C@@]2(CN[C@H](c3ccc4cc(Br)c(N)nc4c3)C2=O)[C@@H](O)[C@H]1O. The summed E-state index contributed by atoms with van der Waals surface area (Å²) in [5.74, 6) is 0.246. The van der Waals surface area contributed by atoms with Gasteiger partial charge in [-0.2, -0.15) is 0 Å². The predicted molar refractivity (Wildman–Crippen MR) is 130 cm³/mol. The molecule has 4 heterocycles. The highest BCUT2D eigenvalue weighted by molar-refractivity contribution is 9.10. The summed E-state index contributed by atoms with van der Waals surface area (Å²) in [7, 11) is 0. The average molecular weight is 523 g/mol. The number of rotatable bonds is 2. The van der Waals surface area contributed by atoms with Crippen LogP contribution in [0.2, 0.25) is 0 Å². The summed E-state index contributed by atoms with van der Waals surface area (Å²) in [4.78, 5) is 26.8. The average Bonchev–Trinajstić information content (AvgIpc) is 3.46. The van der Waals surface area contributed by atoms with E-state index in [-0.39, 0.29) is 12.3 Å². The number of nitrogens with one attached hydrogen (secondary N) is 1. The minimum atomic E-state index is -1.20. The van der Waals surface area contributed by atoms with Gasteiger partial charge in [0, 0.05) is 23.5 Å². The number of carbonyl (C=O) groups is 1. The van der Waals surface area contributed by atoms with Crippen LogP contribution >= 0.6 is 15.9 Å². The van der Waals surface area contributed by atoms with Gasteiger partial charge in [0.1, 0.15) is 23.9 Å². The van der Waals surface area contributed by atoms with E-state index >= 15 is 0 Å². The third-order valence-electron chi connectivity index (χ3n) is 7.45. The summed E-state index contributed by atoms with van der Waals surface area (Å²) in [5.41, 5.74) is 7.80. The van der Waals surface area contributed by atoms with Gasteiger partial charge in [0.15, 0.2) is 5.78 Å². The van der Waals surface area contributed by atoms with Crippen LogP contribution in [0.5, 0.6) is 0 Å². The topological polar surface area (TPSA) is 139 Å². The molecular weight excluding hydrogens is 500 g/mol. The first kappa shape index (κ1) is 21.6. The Bertz CT molecular complexity index is 1470. The Kier molecular flexibility index (Phi) is 4.79. The lowest BCUT2D eigenvalue weighted by Crippen LogP contribution is -2.42. The number of nitrogen functional groups attached to an aromatic ring is 1. The van der Waals surface area contributed by atoms with E-state index in [1.165, 1.54) is 6.33 Å². The highest BCUT2D eigenvalue weighted by Gasteiger charge is 2.61. The maximum absolute atomic E-state index is 13.8. The molecule has 1 aliphatic heterocycles. The number of hydrogen-bond donors (Lipinski definition) is 4. The monoisotopic (exact) mass is 522 g/mol. The fraction of sp³-hybridized carbons (Fsp3) is 0.333. The van der Waals surface area contributed by atoms with Gasteiger partial charge >= 0.3 is 0 Å². The Morgan fingerprint density at radius 3 is 2.88 bits per heavy atom. The fourth-order valence-electron chi connectivity index (χ4n) is 5.58. The molecule has 3 aromatic heterocycles. The van der Waals surface area contributed by atoms with Crippen molar-refractivity contribution in [3.63, 3.8) is 0 Å². The van der Waals surface area contributed by atoms with Gasteiger partial charge in [-0.1, -0.05) is 12.1 Å². The molecule has 6 rings (SSSR count). The molecular formula is C24H23BrN6O3. The van der Waals surface area contributed by atoms with Gasteiger partial charge in [-0.25, -0.2) is 15.0 Å². The van der Waals surface area contributed by atoms with Crippen molar-refractivity contribution in [3.05, 3.63) is 58.6 Å². The standard InChI is InChI=1S/C24H23BrN6O3/c1-11-14-4-5-31(23(14)29-10-28-11)17-8-24(21(34)19(17)32)9-27-18(20(24)33)13-3-2-12-6-15(25)22(26)30-16(12)7-13/h2-7,10,17-19,21,27,32,34H,8-9H2,1H3,(H2,26,30)/t17-,18-,19+,21+,24+/m1/s1. The molecule has 0 bridgehead atoms. The van der Waals surface area contributed by atoms with Gasteiger partial charge in [-0.15, -0.1) is 0 Å². The molecule has 2 aliphatic rings. The van der Waals surface area contributed by atoms with Crippen molar-refractivity contribution in [1.29, 1.82) is 0 Å². The van der Waals surface area contributed by atoms with Crippen molar-refractivity contribution in [3.8, 4) is 0 Å². The van der Waals surface area contributed by atoms with Crippen LogP contribution in [0, 0.1) is 12.3 Å². The zero-order valence-electron chi connectivity index (χ0n) is 18.3. The zero-order valence-corrected chi connectivity index (χ0v) is 19.9. The van der Waals surface area contributed by atoms with E-state index in [4.69, 9.17) is 5.73 Å². The lowest BCUT2D eigenvalue weighted by molar-refractivity contribution is -0.132. The van der Waals surface area contributed by atoms with Crippen LogP contribution in [-0.4, -0.2) is 54.3 Å². The number of fused-ring (bicyclic) bond motifs is 2. The molecule has 4 aromatic rings. The maximum atomic E-state index is 13.8. The number of halogens is 1. The molecule has 1 aromatic carbocycles. The molecule has 174 valence electrons. The Labute approximate surface area is 203 Å². The summed E-state index contributed by atoms with van der Waals surface area (Å²) in [6.07, 6.45) is 1.32. The maximum Gasteiger partial charge on any atom is 0.164 e. The number of anilines is 1. The second-order valence-electron chi connectivity index (χ2n) is 9.27. The molecule has 10 heteroatoms. The van der Waals surface area contributed by atoms with E-state index in [1.54, 1.807) is 0 Å². The molecule has 2 fully saturated rings. The third-order valence-corrected chi connectivity index (χ3v) is 8.09. The first-order valence-corrected chi connectivity index (χ1v) is 11.9. The predicted octanol–water partition coefficient (Wildman–Crippen LogP) is 2.20. The van der Waals surface area contributed by atoms with Crippen LogP contribution in [0.25, 0.3) is 21.9 Å². The van der Waals surface area contributed by atoms with Gasteiger partial charge in [0.25, 0.3) is 0 Å². The normalized spacial score (nSPS) is 29.1. The number of hydrogen-bond acceptors (Lipinski definition) is 8. The van der Waals surface area contributed by atoms with E-state index in [2.05, 4.69) is 36.2 Å². The van der Waals surface area contributed by atoms with Gasteiger partial charge in [-0.05, 0) is 53.0 Å². The molecule has 9 nitrogen and oxygen atoms in total. The van der Waals surface area contributed by atoms with Crippen LogP contribution in [0.3, 0.4) is 0 Å². The lowest BCUT2D eigenvalue weighted by Gasteiger charge is -2.25. The summed E-state index contributed by atoms with van der Waals surface area (Å²) < 4.78 is 2.57. The lowest BCUT2D eigenvalue weighted by atomic mass is 9.79. The summed E-state index contributed by atoms with van der Waals surface area (Å²) in [6, 6.07) is 8.33. The van der Waals surface area contributed by atoms with E-state index in [1.807, 2.05) is 48.0 Å². The molecule has 34 heavy (non-hydrogen) atoms. The van der Waals surface area contributed by atoms with E-state index < -0.39 is 29.7 Å². The van der Waals surface area contributed by atoms with Gasteiger partial charge in [0.05, 0.1) is 39.3 Å². The summed E-state index contributed by atoms with van der Waals surface area (Å²) in [6.45, 7) is 2.17. The minimum absolute atomic E-state index is 0.131. The number of aromatic nitrogens is 4. The van der Waals surface area contributed by atoms with Crippen molar-refractivity contribution < 1.29 is 15.0 Å². The number of nitrogens with two attached hydrogens (primary N) is 1. The van der Waals surface area contributed by atoms with Gasteiger partial charge in [0.2, 0.25) is 0 Å². The Balaban J connectivity index is 1.35. The van der Waals surface area contributed by atoms with Crippen molar-refractivity contribution in [2.75, 3.05) is 12.3 Å². The van der Waals surface area contributed by atoms with E-state index in [0.717, 1.165) is 22.0 Å². The van der Waals surface area contributed by atoms with Crippen LogP contribution in [-0.2, 0) is 4.79 Å². The molecule has 0 radical (unpaired) electrons. The zero-order chi connectivity index (χ0) is 23.8. The number of benzene rings is 1. The number of ketones is 1. The van der Waals surface area contributed by atoms with Crippen LogP contribution in [0.1, 0.15) is 29.8 Å². The molecule has 5 atom stereocenters. The van der Waals surface area contributed by atoms with Crippen molar-refractivity contribution in [2.24, 2.45) is 5.41 Å². The fourth-order valence-corrected chi connectivity index (χ4v) is 5.91. The van der Waals surface area contributed by atoms with Crippen LogP contribution < -0.4 is 11.1 Å². The van der Waals surface area contributed by atoms with E-state index in [0.29, 0.717) is 27.9 Å². The molecule has 0 amide bonds. The highest BCUT2D eigenvalue weighted by Crippen LogP contribution is 2.50. The van der Waals surface area contributed by atoms with Gasteiger partial charge in [-0.3, -0.25) is 4.79 Å². The number of nitrogens with zero attached hydrogens (tertiary/aromatic N) is 4. The first-order valence-electron chi connectivity index (χ1n) is 11.1. The largest absolute Gasteiger partial charge is 0.389 e. The number of Topliss-reactive ketones (excluding diaryl/α,β-unsaturated/α-hetero) is 1. The molecule has 5 N–H and O–H groups in total. The Hall–Kier alpha value is -2.92. The van der Waals surface area contributed by atoms with Gasteiger partial charge < -0.3 is 25.8 Å². The summed E-state index contributed by atoms with van der Waals surface area (Å²) >= 11 is 3.39. The number of aliphatic hydroxyl groups excluding tert-OH is 2. The Morgan fingerprint density at radius 1 is 1.24 bits per heavy atom. The number of carbonyl (C=O) groups excluding carboxylic acids is 1. The van der Waals surface area contributed by atoms with Crippen molar-refractivity contribution >= 4 is 49.5 Å². The Morgan fingerprint density at radius 2 is 2.06 bits per heavy atom. The first-order chi connectivity index (χ1) is 16.3. The highest BCUT2D eigenvalue weighted by atomic mass is 79.9. The molecule has 1 aliphatic carbocycles. The van der Waals surface area contributed by atoms with Crippen LogP contribution in [0.15, 0.2) is 47.3 Å². The van der Waals surface area contributed by atoms with E-state index in [9.17, 15) is 15.0 Å². The van der Waals surface area contributed by atoms with Crippen molar-refractivity contribution in [1.82, 2.24) is 24.8 Å². The number of aliphatic hydroxyl groups is 2. The third kappa shape index (κ3) is 2.96. The molecule has 1 spiro atoms.